The second-order valence-corrected chi connectivity index (χ2v) is 8.88. The highest BCUT2D eigenvalue weighted by Gasteiger charge is 2.26. The van der Waals surface area contributed by atoms with E-state index in [9.17, 15) is 8.42 Å². The molecule has 1 saturated heterocycles. The fraction of sp³-hybridized carbons (Fsp3) is 0.429. The lowest BCUT2D eigenvalue weighted by molar-refractivity contribution is 0.246. The maximum Gasteiger partial charge on any atom is 0.240 e. The van der Waals surface area contributed by atoms with Crippen molar-refractivity contribution in [1.82, 2.24) is 9.62 Å². The summed E-state index contributed by atoms with van der Waals surface area (Å²) < 4.78 is 34.0. The molecule has 0 spiro atoms. The Labute approximate surface area is 162 Å². The van der Waals surface area contributed by atoms with E-state index in [0.29, 0.717) is 6.54 Å². The zero-order valence-corrected chi connectivity index (χ0v) is 17.1. The summed E-state index contributed by atoms with van der Waals surface area (Å²) in [5, 5.41) is 0. The van der Waals surface area contributed by atoms with E-state index in [0.717, 1.165) is 48.4 Å². The molecule has 146 valence electrons. The topological polar surface area (TPSA) is 58.6 Å². The first kappa shape index (κ1) is 19.9. The van der Waals surface area contributed by atoms with Crippen LogP contribution in [0.25, 0.3) is 0 Å². The van der Waals surface area contributed by atoms with E-state index in [2.05, 4.69) is 21.8 Å². The predicted octanol–water partition coefficient (Wildman–Crippen LogP) is 3.43. The number of rotatable bonds is 7. The molecule has 0 saturated carbocycles. The molecule has 0 radical (unpaired) electrons. The molecular formula is C21H28N2O3S. The van der Waals surface area contributed by atoms with Crippen LogP contribution in [0.3, 0.4) is 0 Å². The average molecular weight is 389 g/mol. The Morgan fingerprint density at radius 3 is 2.22 bits per heavy atom. The number of hydrogen-bond acceptors (Lipinski definition) is 4. The van der Waals surface area contributed by atoms with Gasteiger partial charge in [-0.15, -0.1) is 0 Å². The van der Waals surface area contributed by atoms with Crippen LogP contribution in [0, 0.1) is 13.8 Å². The molecular weight excluding hydrogens is 360 g/mol. The standard InChI is InChI=1S/C21H28N2O3S/c1-16-13-19(14-17(2)21(16)26-3)27(24,25)22-15-20(23-11-7-8-12-23)18-9-5-4-6-10-18/h4-6,9-10,13-14,20,22H,7-8,11-12,15H2,1-3H3. The van der Waals surface area contributed by atoms with E-state index in [1.807, 2.05) is 32.0 Å². The van der Waals surface area contributed by atoms with Crippen LogP contribution >= 0.6 is 0 Å². The van der Waals surface area contributed by atoms with Crippen LogP contribution in [-0.2, 0) is 10.0 Å². The van der Waals surface area contributed by atoms with Gasteiger partial charge in [0.1, 0.15) is 5.75 Å². The molecule has 1 atom stereocenters. The second kappa shape index (κ2) is 8.42. The first-order valence-corrected chi connectivity index (χ1v) is 10.8. The fourth-order valence-electron chi connectivity index (χ4n) is 3.85. The van der Waals surface area contributed by atoms with Crippen molar-refractivity contribution >= 4 is 10.0 Å². The van der Waals surface area contributed by atoms with E-state index in [-0.39, 0.29) is 10.9 Å². The number of hydrogen-bond donors (Lipinski definition) is 1. The van der Waals surface area contributed by atoms with Crippen molar-refractivity contribution < 1.29 is 13.2 Å². The number of methoxy groups -OCH3 is 1. The van der Waals surface area contributed by atoms with Gasteiger partial charge in [0.15, 0.2) is 0 Å². The van der Waals surface area contributed by atoms with Crippen molar-refractivity contribution in [2.75, 3.05) is 26.7 Å². The Balaban J connectivity index is 1.82. The molecule has 1 aliphatic rings. The Bertz CT molecular complexity index is 853. The SMILES string of the molecule is COc1c(C)cc(S(=O)(=O)NCC(c2ccccc2)N2CCCC2)cc1C. The second-order valence-electron chi connectivity index (χ2n) is 7.11. The summed E-state index contributed by atoms with van der Waals surface area (Å²) >= 11 is 0. The largest absolute Gasteiger partial charge is 0.496 e. The van der Waals surface area contributed by atoms with Crippen LogP contribution in [-0.4, -0.2) is 40.1 Å². The van der Waals surface area contributed by atoms with Gasteiger partial charge in [-0.25, -0.2) is 13.1 Å². The molecule has 0 amide bonds. The van der Waals surface area contributed by atoms with Gasteiger partial charge in [-0.2, -0.15) is 0 Å². The number of nitrogens with zero attached hydrogens (tertiary/aromatic N) is 1. The molecule has 27 heavy (non-hydrogen) atoms. The lowest BCUT2D eigenvalue weighted by atomic mass is 10.1. The normalized spacial score (nSPS) is 16.4. The van der Waals surface area contributed by atoms with E-state index < -0.39 is 10.0 Å². The number of sulfonamides is 1. The molecule has 0 aliphatic carbocycles. The first-order chi connectivity index (χ1) is 12.9. The summed E-state index contributed by atoms with van der Waals surface area (Å²) in [6.07, 6.45) is 2.32. The van der Waals surface area contributed by atoms with Crippen LogP contribution in [0.4, 0.5) is 0 Å². The Morgan fingerprint density at radius 1 is 1.07 bits per heavy atom. The van der Waals surface area contributed by atoms with Gasteiger partial charge >= 0.3 is 0 Å². The Hall–Kier alpha value is -1.89. The van der Waals surface area contributed by atoms with Crippen molar-refractivity contribution in [1.29, 1.82) is 0 Å². The molecule has 1 heterocycles. The lowest BCUT2D eigenvalue weighted by Gasteiger charge is -2.28. The van der Waals surface area contributed by atoms with E-state index >= 15 is 0 Å². The van der Waals surface area contributed by atoms with Gasteiger partial charge in [0.25, 0.3) is 0 Å². The van der Waals surface area contributed by atoms with Gasteiger partial charge < -0.3 is 4.74 Å². The summed E-state index contributed by atoms with van der Waals surface area (Å²) in [5.74, 6) is 0.730. The monoisotopic (exact) mass is 388 g/mol. The van der Waals surface area contributed by atoms with Gasteiger partial charge in [0, 0.05) is 12.6 Å². The third-order valence-electron chi connectivity index (χ3n) is 5.18. The Morgan fingerprint density at radius 2 is 1.67 bits per heavy atom. The third kappa shape index (κ3) is 4.51. The highest BCUT2D eigenvalue weighted by molar-refractivity contribution is 7.89. The van der Waals surface area contributed by atoms with Crippen LogP contribution in [0.15, 0.2) is 47.4 Å². The van der Waals surface area contributed by atoms with Gasteiger partial charge in [-0.1, -0.05) is 30.3 Å². The minimum absolute atomic E-state index is 0.0453. The average Bonchev–Trinajstić information content (AvgIpc) is 3.17. The first-order valence-electron chi connectivity index (χ1n) is 9.36. The highest BCUT2D eigenvalue weighted by Crippen LogP contribution is 2.28. The number of benzene rings is 2. The van der Waals surface area contributed by atoms with Crippen molar-refractivity contribution in [2.45, 2.75) is 37.6 Å². The number of likely N-dealkylation sites (tertiary alicyclic amines) is 1. The minimum Gasteiger partial charge on any atom is -0.496 e. The van der Waals surface area contributed by atoms with E-state index in [4.69, 9.17) is 4.74 Å². The van der Waals surface area contributed by atoms with Gasteiger partial charge in [0.2, 0.25) is 10.0 Å². The molecule has 1 fully saturated rings. The van der Waals surface area contributed by atoms with Gasteiger partial charge in [-0.3, -0.25) is 4.90 Å². The van der Waals surface area contributed by atoms with Crippen molar-refractivity contribution in [3.8, 4) is 5.75 Å². The Kier molecular flexibility index (Phi) is 6.19. The third-order valence-corrected chi connectivity index (χ3v) is 6.58. The van der Waals surface area contributed by atoms with Crippen LogP contribution < -0.4 is 9.46 Å². The fourth-order valence-corrected chi connectivity index (χ4v) is 5.05. The summed E-state index contributed by atoms with van der Waals surface area (Å²) in [4.78, 5) is 2.65. The van der Waals surface area contributed by atoms with Gasteiger partial charge in [-0.05, 0) is 68.6 Å². The molecule has 1 unspecified atom stereocenters. The maximum atomic E-state index is 12.9. The number of aryl methyl sites for hydroxylation is 2. The highest BCUT2D eigenvalue weighted by atomic mass is 32.2. The molecule has 1 N–H and O–H groups in total. The van der Waals surface area contributed by atoms with Crippen LogP contribution in [0.2, 0.25) is 0 Å². The maximum absolute atomic E-state index is 12.9. The molecule has 5 nitrogen and oxygen atoms in total. The van der Waals surface area contributed by atoms with Crippen molar-refractivity contribution in [3.05, 3.63) is 59.2 Å². The predicted molar refractivity (Wildman–Crippen MR) is 108 cm³/mol. The summed E-state index contributed by atoms with van der Waals surface area (Å²) in [5.41, 5.74) is 2.78. The molecule has 2 aromatic rings. The minimum atomic E-state index is -3.60. The number of nitrogens with one attached hydrogen (secondary N) is 1. The summed E-state index contributed by atoms with van der Waals surface area (Å²) in [6.45, 7) is 6.09. The quantitative estimate of drug-likeness (QED) is 0.790. The van der Waals surface area contributed by atoms with E-state index in [1.165, 1.54) is 0 Å². The molecule has 0 bridgehead atoms. The van der Waals surface area contributed by atoms with Crippen molar-refractivity contribution in [3.63, 3.8) is 0 Å². The van der Waals surface area contributed by atoms with Crippen LogP contribution in [0.1, 0.15) is 35.6 Å². The smallest absolute Gasteiger partial charge is 0.240 e. The summed E-state index contributed by atoms with van der Waals surface area (Å²) in [6, 6.07) is 13.5. The molecule has 3 rings (SSSR count). The molecule has 2 aromatic carbocycles. The zero-order chi connectivity index (χ0) is 19.4. The lowest BCUT2D eigenvalue weighted by Crippen LogP contribution is -2.36. The molecule has 0 aromatic heterocycles. The van der Waals surface area contributed by atoms with Gasteiger partial charge in [0.05, 0.1) is 12.0 Å². The zero-order valence-electron chi connectivity index (χ0n) is 16.2. The number of ether oxygens (including phenoxy) is 1. The van der Waals surface area contributed by atoms with E-state index in [1.54, 1.807) is 19.2 Å². The summed E-state index contributed by atoms with van der Waals surface area (Å²) in [7, 11) is -2.00. The van der Waals surface area contributed by atoms with Crippen molar-refractivity contribution in [2.24, 2.45) is 0 Å². The van der Waals surface area contributed by atoms with Crippen LogP contribution in [0.5, 0.6) is 5.75 Å². The molecule has 1 aliphatic heterocycles. The molecule has 6 heteroatoms.